The predicted molar refractivity (Wildman–Crippen MR) is 70.9 cm³/mol. The molecule has 0 unspecified atom stereocenters. The summed E-state index contributed by atoms with van der Waals surface area (Å²) in [5.41, 5.74) is 1.51. The summed E-state index contributed by atoms with van der Waals surface area (Å²) in [5, 5.41) is 17.1. The number of halogens is 1. The van der Waals surface area contributed by atoms with Gasteiger partial charge in [-0.2, -0.15) is 0 Å². The number of carboxylic acids is 1. The van der Waals surface area contributed by atoms with Gasteiger partial charge in [0.15, 0.2) is 11.5 Å². The highest BCUT2D eigenvalue weighted by molar-refractivity contribution is 9.10. The van der Waals surface area contributed by atoms with Crippen molar-refractivity contribution in [3.05, 3.63) is 46.8 Å². The maximum Gasteiger partial charge on any atom is 0.337 e. The maximum atomic E-state index is 11.0. The Kier molecular flexibility index (Phi) is 2.75. The molecule has 6 nitrogen and oxygen atoms in total. The van der Waals surface area contributed by atoms with Crippen molar-refractivity contribution in [3.8, 4) is 11.4 Å². The van der Waals surface area contributed by atoms with Gasteiger partial charge in [0.2, 0.25) is 0 Å². The molecular weight excluding hydrogens is 312 g/mol. The van der Waals surface area contributed by atoms with Gasteiger partial charge in [-0.05, 0) is 34.1 Å². The highest BCUT2D eigenvalue weighted by Crippen LogP contribution is 2.21. The molecule has 0 radical (unpaired) electrons. The second-order valence-corrected chi connectivity index (χ2v) is 4.78. The third-order valence-corrected chi connectivity index (χ3v) is 3.05. The minimum atomic E-state index is -0.992. The average molecular weight is 319 g/mol. The Hall–Kier alpha value is -2.28. The summed E-state index contributed by atoms with van der Waals surface area (Å²) in [4.78, 5) is 15.1. The molecule has 0 amide bonds. The van der Waals surface area contributed by atoms with Gasteiger partial charge in [0.1, 0.15) is 0 Å². The van der Waals surface area contributed by atoms with Gasteiger partial charge in [-0.1, -0.05) is 0 Å². The van der Waals surface area contributed by atoms with Crippen LogP contribution in [0.3, 0.4) is 0 Å². The van der Waals surface area contributed by atoms with Gasteiger partial charge in [0.25, 0.3) is 0 Å². The van der Waals surface area contributed by atoms with E-state index in [2.05, 4.69) is 31.1 Å². The van der Waals surface area contributed by atoms with Crippen LogP contribution in [-0.4, -0.2) is 30.7 Å². The van der Waals surface area contributed by atoms with Crippen LogP contribution in [0.5, 0.6) is 0 Å². The molecule has 3 aromatic heterocycles. The second kappa shape index (κ2) is 4.43. The van der Waals surface area contributed by atoms with Gasteiger partial charge in [-0.3, -0.25) is 9.38 Å². The zero-order valence-electron chi connectivity index (χ0n) is 9.49. The van der Waals surface area contributed by atoms with Gasteiger partial charge >= 0.3 is 5.97 Å². The van der Waals surface area contributed by atoms with Crippen LogP contribution in [0.15, 0.2) is 41.3 Å². The van der Waals surface area contributed by atoms with E-state index in [0.29, 0.717) is 11.5 Å². The number of carbonyl (C=O) groups is 1. The van der Waals surface area contributed by atoms with Gasteiger partial charge in [0.05, 0.1) is 5.56 Å². The van der Waals surface area contributed by atoms with E-state index in [1.54, 1.807) is 22.9 Å². The van der Waals surface area contributed by atoms with Crippen molar-refractivity contribution < 1.29 is 9.90 Å². The zero-order chi connectivity index (χ0) is 13.4. The lowest BCUT2D eigenvalue weighted by atomic mass is 10.2. The molecule has 0 saturated heterocycles. The average Bonchev–Trinajstić information content (AvgIpc) is 2.81. The number of pyridine rings is 2. The Morgan fingerprint density at radius 1 is 1.26 bits per heavy atom. The summed E-state index contributed by atoms with van der Waals surface area (Å²) in [6.45, 7) is 0. The fraction of sp³-hybridized carbons (Fsp3) is 0. The van der Waals surface area contributed by atoms with Crippen LogP contribution >= 0.6 is 15.9 Å². The molecule has 3 heterocycles. The molecule has 3 rings (SSSR count). The Morgan fingerprint density at radius 3 is 2.84 bits per heavy atom. The van der Waals surface area contributed by atoms with E-state index in [1.165, 1.54) is 12.3 Å². The van der Waals surface area contributed by atoms with E-state index in [4.69, 9.17) is 5.11 Å². The highest BCUT2D eigenvalue weighted by atomic mass is 79.9. The zero-order valence-corrected chi connectivity index (χ0v) is 11.1. The minimum absolute atomic E-state index is 0.177. The second-order valence-electron chi connectivity index (χ2n) is 3.87. The molecule has 3 aromatic rings. The Bertz CT molecular complexity index is 784. The fourth-order valence-corrected chi connectivity index (χ4v) is 2.11. The molecule has 0 aliphatic carbocycles. The largest absolute Gasteiger partial charge is 0.478 e. The number of aromatic carboxylic acids is 1. The molecule has 94 valence electrons. The summed E-state index contributed by atoms with van der Waals surface area (Å²) < 4.78 is 2.45. The SMILES string of the molecule is O=C(O)c1ccc2nnc(-c3cncc(Br)c3)n2c1. The highest BCUT2D eigenvalue weighted by Gasteiger charge is 2.11. The smallest absolute Gasteiger partial charge is 0.337 e. The van der Waals surface area contributed by atoms with Crippen molar-refractivity contribution in [1.29, 1.82) is 0 Å². The quantitative estimate of drug-likeness (QED) is 0.783. The Morgan fingerprint density at radius 2 is 2.11 bits per heavy atom. The van der Waals surface area contributed by atoms with Gasteiger partial charge in [0, 0.05) is 28.6 Å². The monoisotopic (exact) mass is 318 g/mol. The number of hydrogen-bond acceptors (Lipinski definition) is 4. The van der Waals surface area contributed by atoms with Crippen molar-refractivity contribution >= 4 is 27.5 Å². The fourth-order valence-electron chi connectivity index (χ4n) is 1.75. The summed E-state index contributed by atoms with van der Waals surface area (Å²) in [5.74, 6) is -0.444. The molecule has 0 bridgehead atoms. The molecule has 1 N–H and O–H groups in total. The Balaban J connectivity index is 2.24. The van der Waals surface area contributed by atoms with E-state index in [-0.39, 0.29) is 5.56 Å². The lowest BCUT2D eigenvalue weighted by Crippen LogP contribution is -1.99. The molecule has 0 aliphatic rings. The first-order valence-corrected chi connectivity index (χ1v) is 6.13. The summed E-state index contributed by atoms with van der Waals surface area (Å²) >= 11 is 3.34. The molecular formula is C12H7BrN4O2. The number of carboxylic acid groups (broad SMARTS) is 1. The standard InChI is InChI=1S/C12H7BrN4O2/c13-9-3-8(4-14-5-9)11-16-15-10-2-1-7(12(18)19)6-17(10)11/h1-6H,(H,18,19). The van der Waals surface area contributed by atoms with E-state index >= 15 is 0 Å². The lowest BCUT2D eigenvalue weighted by Gasteiger charge is -2.01. The number of aromatic nitrogens is 4. The topological polar surface area (TPSA) is 80.4 Å². The first-order chi connectivity index (χ1) is 9.15. The van der Waals surface area contributed by atoms with Crippen LogP contribution in [0.25, 0.3) is 17.0 Å². The summed E-state index contributed by atoms with van der Waals surface area (Å²) in [6.07, 6.45) is 4.80. The lowest BCUT2D eigenvalue weighted by molar-refractivity contribution is 0.0696. The summed E-state index contributed by atoms with van der Waals surface area (Å²) in [6, 6.07) is 4.96. The molecule has 0 fully saturated rings. The number of hydrogen-bond donors (Lipinski definition) is 1. The normalized spacial score (nSPS) is 10.8. The number of rotatable bonds is 2. The van der Waals surface area contributed by atoms with Crippen LogP contribution in [0.1, 0.15) is 10.4 Å². The molecule has 0 aliphatic heterocycles. The molecule has 0 atom stereocenters. The van der Waals surface area contributed by atoms with E-state index < -0.39 is 5.97 Å². The molecule has 0 spiro atoms. The number of fused-ring (bicyclic) bond motifs is 1. The Labute approximate surface area is 115 Å². The molecule has 0 aromatic carbocycles. The van der Waals surface area contributed by atoms with E-state index in [9.17, 15) is 4.79 Å². The van der Waals surface area contributed by atoms with Crippen LogP contribution in [-0.2, 0) is 0 Å². The molecule has 7 heteroatoms. The van der Waals surface area contributed by atoms with Crippen LogP contribution in [0.2, 0.25) is 0 Å². The van der Waals surface area contributed by atoms with Gasteiger partial charge < -0.3 is 5.11 Å². The van der Waals surface area contributed by atoms with Crippen molar-refractivity contribution in [2.24, 2.45) is 0 Å². The first kappa shape index (κ1) is 11.8. The molecule has 0 saturated carbocycles. The van der Waals surface area contributed by atoms with E-state index in [1.807, 2.05) is 6.07 Å². The summed E-state index contributed by atoms with van der Waals surface area (Å²) in [7, 11) is 0. The maximum absolute atomic E-state index is 11.0. The number of nitrogens with zero attached hydrogens (tertiary/aromatic N) is 4. The third-order valence-electron chi connectivity index (χ3n) is 2.61. The minimum Gasteiger partial charge on any atom is -0.478 e. The van der Waals surface area contributed by atoms with Crippen molar-refractivity contribution in [2.45, 2.75) is 0 Å². The van der Waals surface area contributed by atoms with E-state index in [0.717, 1.165) is 10.0 Å². The van der Waals surface area contributed by atoms with Crippen molar-refractivity contribution in [2.75, 3.05) is 0 Å². The van der Waals surface area contributed by atoms with Crippen LogP contribution < -0.4 is 0 Å². The van der Waals surface area contributed by atoms with Crippen molar-refractivity contribution in [3.63, 3.8) is 0 Å². The third kappa shape index (κ3) is 2.08. The van der Waals surface area contributed by atoms with Crippen molar-refractivity contribution in [1.82, 2.24) is 19.6 Å². The van der Waals surface area contributed by atoms with Gasteiger partial charge in [-0.15, -0.1) is 10.2 Å². The predicted octanol–water partition coefficient (Wildman–Crippen LogP) is 2.25. The van der Waals surface area contributed by atoms with Crippen LogP contribution in [0, 0.1) is 0 Å². The van der Waals surface area contributed by atoms with Gasteiger partial charge in [-0.25, -0.2) is 4.79 Å². The van der Waals surface area contributed by atoms with Crippen LogP contribution in [0.4, 0.5) is 0 Å². The molecule has 19 heavy (non-hydrogen) atoms. The first-order valence-electron chi connectivity index (χ1n) is 5.34.